The Hall–Kier alpha value is -3.85. The van der Waals surface area contributed by atoms with E-state index >= 15 is 4.39 Å². The summed E-state index contributed by atoms with van der Waals surface area (Å²) in [5.74, 6) is -2.19. The van der Waals surface area contributed by atoms with Gasteiger partial charge < -0.3 is 16.6 Å². The number of carbonyl (C=O) groups is 1. The van der Waals surface area contributed by atoms with Crippen LogP contribution in [0.3, 0.4) is 0 Å². The normalized spacial score (nSPS) is 20.1. The maximum atomic E-state index is 15.7. The van der Waals surface area contributed by atoms with E-state index in [4.69, 9.17) is 11.5 Å². The lowest BCUT2D eigenvalue weighted by molar-refractivity contribution is -0.0535. The number of rotatable bonds is 4. The van der Waals surface area contributed by atoms with Gasteiger partial charge in [0.2, 0.25) is 0 Å². The molecule has 5 rings (SSSR count). The summed E-state index contributed by atoms with van der Waals surface area (Å²) in [5, 5.41) is 14.7. The Bertz CT molecular complexity index is 1410. The number of aliphatic hydroxyl groups is 1. The molecule has 7 nitrogen and oxygen atoms in total. The van der Waals surface area contributed by atoms with Crippen molar-refractivity contribution in [1.82, 2.24) is 14.8 Å². The molecule has 0 aliphatic heterocycles. The van der Waals surface area contributed by atoms with Crippen LogP contribution in [-0.4, -0.2) is 31.4 Å². The van der Waals surface area contributed by atoms with Gasteiger partial charge in [-0.1, -0.05) is 36.4 Å². The van der Waals surface area contributed by atoms with E-state index in [0.717, 1.165) is 0 Å². The second-order valence-corrected chi connectivity index (χ2v) is 8.66. The fourth-order valence-electron chi connectivity index (χ4n) is 4.45. The summed E-state index contributed by atoms with van der Waals surface area (Å²) in [5.41, 5.74) is 11.2. The zero-order valence-electron chi connectivity index (χ0n) is 17.7. The number of nitrogens with two attached hydrogens (primary N) is 2. The number of anilines is 1. The van der Waals surface area contributed by atoms with E-state index in [0.29, 0.717) is 18.4 Å². The maximum Gasteiger partial charge on any atom is 0.254 e. The molecule has 1 fully saturated rings. The zero-order chi connectivity index (χ0) is 23.5. The summed E-state index contributed by atoms with van der Waals surface area (Å²) in [4.78, 5) is 16.4. The largest absolute Gasteiger partial charge is 0.390 e. The van der Waals surface area contributed by atoms with E-state index in [9.17, 15) is 14.3 Å². The molecule has 33 heavy (non-hydrogen) atoms. The van der Waals surface area contributed by atoms with Crippen LogP contribution in [0.1, 0.15) is 36.2 Å². The number of carbonyl (C=O) groups excluding carboxylic acids is 1. The Labute approximate surface area is 187 Å². The number of halogens is 2. The molecule has 5 N–H and O–H groups in total. The van der Waals surface area contributed by atoms with Gasteiger partial charge in [0, 0.05) is 16.5 Å². The third-order valence-electron chi connectivity index (χ3n) is 6.07. The molecule has 1 saturated carbocycles. The summed E-state index contributed by atoms with van der Waals surface area (Å²) >= 11 is 0. The predicted molar refractivity (Wildman–Crippen MR) is 120 cm³/mol. The lowest BCUT2D eigenvalue weighted by Crippen LogP contribution is -2.42. The van der Waals surface area contributed by atoms with Gasteiger partial charge in [0.1, 0.15) is 34.1 Å². The number of hydrogen-bond donors (Lipinski definition) is 3. The zero-order valence-corrected chi connectivity index (χ0v) is 17.7. The molecule has 1 amide bonds. The van der Waals surface area contributed by atoms with E-state index in [1.165, 1.54) is 22.9 Å². The third kappa shape index (κ3) is 3.41. The lowest BCUT2D eigenvalue weighted by Gasteiger charge is -2.41. The first-order valence-electron chi connectivity index (χ1n) is 10.4. The van der Waals surface area contributed by atoms with Crippen molar-refractivity contribution in [2.45, 2.75) is 31.4 Å². The molecule has 2 aromatic heterocycles. The van der Waals surface area contributed by atoms with Crippen LogP contribution in [-0.2, 0) is 0 Å². The molecule has 0 radical (unpaired) electrons. The molecular formula is C24H21F2N5O2. The van der Waals surface area contributed by atoms with Crippen LogP contribution in [0.5, 0.6) is 0 Å². The van der Waals surface area contributed by atoms with Crippen LogP contribution >= 0.6 is 0 Å². The predicted octanol–water partition coefficient (Wildman–Crippen LogP) is 3.81. The lowest BCUT2D eigenvalue weighted by atomic mass is 9.77. The number of amides is 1. The van der Waals surface area contributed by atoms with E-state index < -0.39 is 23.1 Å². The van der Waals surface area contributed by atoms with E-state index in [2.05, 4.69) is 10.1 Å². The number of hydrogen-bond acceptors (Lipinski definition) is 5. The van der Waals surface area contributed by atoms with Gasteiger partial charge in [0.15, 0.2) is 5.82 Å². The molecule has 4 aromatic rings. The van der Waals surface area contributed by atoms with Crippen molar-refractivity contribution in [2.24, 2.45) is 5.73 Å². The fraction of sp³-hybridized carbons (Fsp3) is 0.208. The molecule has 1 aliphatic carbocycles. The number of fused-ring (bicyclic) bond motifs is 1. The minimum Gasteiger partial charge on any atom is -0.390 e. The fourth-order valence-corrected chi connectivity index (χ4v) is 4.45. The second kappa shape index (κ2) is 7.35. The maximum absolute atomic E-state index is 15.7. The topological polar surface area (TPSA) is 120 Å². The number of benzene rings is 2. The van der Waals surface area contributed by atoms with Crippen LogP contribution < -0.4 is 11.5 Å². The highest BCUT2D eigenvalue weighted by atomic mass is 19.1. The first-order valence-corrected chi connectivity index (χ1v) is 10.4. The number of nitrogens with zero attached hydrogens (tertiary/aromatic N) is 3. The Kier molecular flexibility index (Phi) is 4.68. The Morgan fingerprint density at radius 1 is 1.15 bits per heavy atom. The van der Waals surface area contributed by atoms with Gasteiger partial charge in [-0.2, -0.15) is 5.10 Å². The van der Waals surface area contributed by atoms with Crippen molar-refractivity contribution in [2.75, 3.05) is 5.73 Å². The van der Waals surface area contributed by atoms with E-state index in [-0.39, 0.29) is 45.3 Å². The van der Waals surface area contributed by atoms with Gasteiger partial charge in [0.25, 0.3) is 5.91 Å². The molecule has 0 unspecified atom stereocenters. The first-order chi connectivity index (χ1) is 15.7. The van der Waals surface area contributed by atoms with Crippen molar-refractivity contribution in [3.8, 4) is 22.5 Å². The van der Waals surface area contributed by atoms with Crippen LogP contribution in [0, 0.1) is 11.6 Å². The van der Waals surface area contributed by atoms with Gasteiger partial charge >= 0.3 is 0 Å². The number of primary amides is 1. The molecule has 168 valence electrons. The molecule has 0 atom stereocenters. The van der Waals surface area contributed by atoms with Crippen molar-refractivity contribution in [1.29, 1.82) is 0 Å². The van der Waals surface area contributed by atoms with Crippen molar-refractivity contribution < 1.29 is 18.7 Å². The minimum absolute atomic E-state index is 0.00883. The molecule has 2 aromatic carbocycles. The third-order valence-corrected chi connectivity index (χ3v) is 6.07. The van der Waals surface area contributed by atoms with Gasteiger partial charge in [-0.15, -0.1) is 0 Å². The summed E-state index contributed by atoms with van der Waals surface area (Å²) in [6.45, 7) is 1.69. The highest BCUT2D eigenvalue weighted by molar-refractivity contribution is 6.04. The molecule has 0 spiro atoms. The average molecular weight is 449 g/mol. The summed E-state index contributed by atoms with van der Waals surface area (Å²) < 4.78 is 31.8. The summed E-state index contributed by atoms with van der Waals surface area (Å²) in [7, 11) is 0. The Balaban J connectivity index is 1.68. The van der Waals surface area contributed by atoms with Crippen LogP contribution in [0.15, 0.2) is 48.5 Å². The highest BCUT2D eigenvalue weighted by Crippen LogP contribution is 2.43. The van der Waals surface area contributed by atoms with Crippen LogP contribution in [0.25, 0.3) is 33.4 Å². The second-order valence-electron chi connectivity index (χ2n) is 8.66. The van der Waals surface area contributed by atoms with E-state index in [1.54, 1.807) is 37.3 Å². The Morgan fingerprint density at radius 3 is 2.48 bits per heavy atom. The number of nitrogen functional groups attached to an aromatic ring is 1. The first kappa shape index (κ1) is 21.0. The number of aromatic nitrogens is 3. The van der Waals surface area contributed by atoms with Crippen molar-refractivity contribution >= 4 is 22.6 Å². The molecular weight excluding hydrogens is 428 g/mol. The monoisotopic (exact) mass is 449 g/mol. The van der Waals surface area contributed by atoms with Gasteiger partial charge in [-0.3, -0.25) is 4.79 Å². The number of pyridine rings is 1. The van der Waals surface area contributed by atoms with Gasteiger partial charge in [0.05, 0.1) is 11.6 Å². The minimum atomic E-state index is -0.855. The molecule has 0 bridgehead atoms. The van der Waals surface area contributed by atoms with Crippen molar-refractivity contribution in [3.05, 3.63) is 65.7 Å². The average Bonchev–Trinajstić information content (AvgIpc) is 3.09. The quantitative estimate of drug-likeness (QED) is 0.438. The van der Waals surface area contributed by atoms with Crippen LogP contribution in [0.2, 0.25) is 0 Å². The molecule has 2 heterocycles. The van der Waals surface area contributed by atoms with Gasteiger partial charge in [-0.25, -0.2) is 18.4 Å². The molecule has 1 aliphatic rings. The standard InChI is InChI=1S/C24H21F2N5O2/c1-24(33)10-14(11-24)31-22(27)17(23(28)32)21(30-31)15-8-7-13-9-16(25)19(29-20(13)18(15)26)12-5-3-2-4-6-12/h2-9,14,33H,10-11,27H2,1H3,(H2,28,32). The van der Waals surface area contributed by atoms with Crippen molar-refractivity contribution in [3.63, 3.8) is 0 Å². The summed E-state index contributed by atoms with van der Waals surface area (Å²) in [6, 6.07) is 12.5. The summed E-state index contributed by atoms with van der Waals surface area (Å²) in [6.07, 6.45) is 0.774. The van der Waals surface area contributed by atoms with E-state index in [1.807, 2.05) is 0 Å². The SMILES string of the molecule is CC1(O)CC(n2nc(-c3ccc4cc(F)c(-c5ccccc5)nc4c3F)c(C(N)=O)c2N)C1. The molecule has 0 saturated heterocycles. The van der Waals surface area contributed by atoms with Gasteiger partial charge in [-0.05, 0) is 31.9 Å². The Morgan fingerprint density at radius 2 is 1.85 bits per heavy atom. The smallest absolute Gasteiger partial charge is 0.254 e. The highest BCUT2D eigenvalue weighted by Gasteiger charge is 2.42. The van der Waals surface area contributed by atoms with Crippen LogP contribution in [0.4, 0.5) is 14.6 Å². The molecule has 9 heteroatoms.